The van der Waals surface area contributed by atoms with Gasteiger partial charge in [-0.15, -0.1) is 0 Å². The molecule has 0 spiro atoms. The van der Waals surface area contributed by atoms with Crippen LogP contribution in [0.5, 0.6) is 0 Å². The van der Waals surface area contributed by atoms with Crippen molar-refractivity contribution in [2.75, 3.05) is 13.2 Å². The molecule has 3 heterocycles. The molecule has 0 aliphatic carbocycles. The average molecular weight is 267 g/mol. The van der Waals surface area contributed by atoms with Crippen LogP contribution in [0, 0.1) is 0 Å². The van der Waals surface area contributed by atoms with Gasteiger partial charge in [-0.25, -0.2) is 5.48 Å². The predicted molar refractivity (Wildman–Crippen MR) is 59.6 cm³/mol. The van der Waals surface area contributed by atoms with Crippen LogP contribution in [-0.4, -0.2) is 41.1 Å². The van der Waals surface area contributed by atoms with E-state index >= 15 is 0 Å². The van der Waals surface area contributed by atoms with Crippen molar-refractivity contribution in [1.29, 1.82) is 0 Å². The zero-order valence-corrected chi connectivity index (χ0v) is 10.0. The van der Waals surface area contributed by atoms with Gasteiger partial charge in [0.2, 0.25) is 5.89 Å². The van der Waals surface area contributed by atoms with Gasteiger partial charge in [0.1, 0.15) is 12.6 Å². The Hall–Kier alpha value is -2.00. The lowest BCUT2D eigenvalue weighted by molar-refractivity contribution is -0.125. The Balaban J connectivity index is 1.65. The molecule has 2 aliphatic heterocycles. The quantitative estimate of drug-likeness (QED) is 0.619. The minimum atomic E-state index is -0.723. The summed E-state index contributed by atoms with van der Waals surface area (Å²) in [5, 5.41) is 9.28. The molecule has 9 nitrogen and oxygen atoms in total. The van der Waals surface area contributed by atoms with Gasteiger partial charge in [0.15, 0.2) is 0 Å². The zero-order valence-electron chi connectivity index (χ0n) is 10.0. The third-order valence-corrected chi connectivity index (χ3v) is 3.05. The van der Waals surface area contributed by atoms with Crippen molar-refractivity contribution in [2.45, 2.75) is 24.9 Å². The Bertz CT molecular complexity index is 496. The Morgan fingerprint density at radius 2 is 2.37 bits per heavy atom. The van der Waals surface area contributed by atoms with Crippen molar-refractivity contribution in [2.24, 2.45) is 0 Å². The van der Waals surface area contributed by atoms with Gasteiger partial charge in [-0.05, 0) is 19.4 Å². The fourth-order valence-electron chi connectivity index (χ4n) is 2.04. The first-order valence-electron chi connectivity index (χ1n) is 6.03. The van der Waals surface area contributed by atoms with Crippen molar-refractivity contribution < 1.29 is 18.9 Å². The van der Waals surface area contributed by atoms with Crippen LogP contribution in [0.15, 0.2) is 4.52 Å². The molecule has 2 aliphatic rings. The summed E-state index contributed by atoms with van der Waals surface area (Å²) in [6, 6.07) is -0.716. The molecule has 0 saturated carbocycles. The van der Waals surface area contributed by atoms with Gasteiger partial charge in [-0.2, -0.15) is 4.98 Å². The van der Waals surface area contributed by atoms with Crippen LogP contribution in [0.3, 0.4) is 0 Å². The molecule has 9 heteroatoms. The SMILES string of the molecule is O=C(N[C@@H]1CONC1=O)c1noc(C2CCCN2)n1. The average Bonchev–Trinajstić information content (AvgIpc) is 3.09. The Kier molecular flexibility index (Phi) is 3.13. The molecule has 2 saturated heterocycles. The summed E-state index contributed by atoms with van der Waals surface area (Å²) in [4.78, 5) is 31.8. The van der Waals surface area contributed by atoms with Crippen LogP contribution >= 0.6 is 0 Å². The molecule has 102 valence electrons. The van der Waals surface area contributed by atoms with E-state index in [9.17, 15) is 9.59 Å². The molecule has 0 radical (unpaired) electrons. The third-order valence-electron chi connectivity index (χ3n) is 3.05. The van der Waals surface area contributed by atoms with E-state index in [2.05, 4.69) is 26.3 Å². The lowest BCUT2D eigenvalue weighted by Crippen LogP contribution is -2.42. The summed E-state index contributed by atoms with van der Waals surface area (Å²) < 4.78 is 5.04. The van der Waals surface area contributed by atoms with Crippen LogP contribution in [-0.2, 0) is 9.63 Å². The molecule has 1 aromatic heterocycles. The van der Waals surface area contributed by atoms with E-state index in [0.29, 0.717) is 5.89 Å². The second-order valence-electron chi connectivity index (χ2n) is 4.41. The number of rotatable bonds is 3. The fraction of sp³-hybridized carbons (Fsp3) is 0.600. The number of aromatic nitrogens is 2. The molecule has 2 amide bonds. The maximum Gasteiger partial charge on any atom is 0.293 e. The number of carbonyl (C=O) groups is 2. The summed E-state index contributed by atoms with van der Waals surface area (Å²) in [6.07, 6.45) is 1.94. The second-order valence-corrected chi connectivity index (χ2v) is 4.41. The smallest absolute Gasteiger partial charge is 0.293 e. The predicted octanol–water partition coefficient (Wildman–Crippen LogP) is -1.35. The summed E-state index contributed by atoms with van der Waals surface area (Å²) in [5.74, 6) is -0.633. The Labute approximate surface area is 108 Å². The van der Waals surface area contributed by atoms with Gasteiger partial charge in [0.05, 0.1) is 6.04 Å². The van der Waals surface area contributed by atoms with Crippen molar-refractivity contribution in [3.05, 3.63) is 11.7 Å². The zero-order chi connectivity index (χ0) is 13.2. The van der Waals surface area contributed by atoms with Crippen LogP contribution in [0.4, 0.5) is 0 Å². The van der Waals surface area contributed by atoms with Crippen molar-refractivity contribution in [1.82, 2.24) is 26.3 Å². The summed E-state index contributed by atoms with van der Waals surface area (Å²) in [6.45, 7) is 0.980. The number of nitrogens with one attached hydrogen (secondary N) is 3. The third kappa shape index (κ3) is 2.42. The van der Waals surface area contributed by atoms with Crippen LogP contribution in [0.25, 0.3) is 0 Å². The maximum absolute atomic E-state index is 11.8. The molecule has 2 fully saturated rings. The number of carbonyl (C=O) groups excluding carboxylic acids is 2. The lowest BCUT2D eigenvalue weighted by atomic mass is 10.2. The number of amides is 2. The highest BCUT2D eigenvalue weighted by Gasteiger charge is 2.30. The van der Waals surface area contributed by atoms with Crippen molar-refractivity contribution in [3.8, 4) is 0 Å². The monoisotopic (exact) mass is 267 g/mol. The maximum atomic E-state index is 11.8. The number of hydroxylamine groups is 1. The fourth-order valence-corrected chi connectivity index (χ4v) is 2.04. The van der Waals surface area contributed by atoms with Crippen molar-refractivity contribution in [3.63, 3.8) is 0 Å². The molecule has 2 atom stereocenters. The first-order valence-corrected chi connectivity index (χ1v) is 6.03. The number of hydrogen-bond acceptors (Lipinski definition) is 7. The topological polar surface area (TPSA) is 118 Å². The number of hydrogen-bond donors (Lipinski definition) is 3. The minimum Gasteiger partial charge on any atom is -0.337 e. The highest BCUT2D eigenvalue weighted by atomic mass is 16.7. The Morgan fingerprint density at radius 1 is 1.47 bits per heavy atom. The lowest BCUT2D eigenvalue weighted by Gasteiger charge is -2.05. The van der Waals surface area contributed by atoms with Crippen LogP contribution in [0.2, 0.25) is 0 Å². The molecule has 3 N–H and O–H groups in total. The first-order chi connectivity index (χ1) is 9.24. The molecular formula is C10H13N5O4. The molecule has 0 aromatic carbocycles. The minimum absolute atomic E-state index is 0.00663. The highest BCUT2D eigenvalue weighted by molar-refractivity contribution is 5.94. The van der Waals surface area contributed by atoms with E-state index in [-0.39, 0.29) is 18.5 Å². The Morgan fingerprint density at radius 3 is 3.05 bits per heavy atom. The van der Waals surface area contributed by atoms with Gasteiger partial charge in [-0.3, -0.25) is 14.4 Å². The van der Waals surface area contributed by atoms with Gasteiger partial charge in [0.25, 0.3) is 17.6 Å². The van der Waals surface area contributed by atoms with Gasteiger partial charge in [-0.1, -0.05) is 5.16 Å². The highest BCUT2D eigenvalue weighted by Crippen LogP contribution is 2.20. The molecule has 1 aromatic rings. The van der Waals surface area contributed by atoms with E-state index < -0.39 is 17.9 Å². The largest absolute Gasteiger partial charge is 0.337 e. The molecular weight excluding hydrogens is 254 g/mol. The summed E-state index contributed by atoms with van der Waals surface area (Å²) in [5.41, 5.74) is 2.15. The van der Waals surface area contributed by atoms with Gasteiger partial charge < -0.3 is 15.2 Å². The molecule has 3 rings (SSSR count). The molecule has 0 bridgehead atoms. The van der Waals surface area contributed by atoms with E-state index in [0.717, 1.165) is 19.4 Å². The number of nitrogens with zero attached hydrogens (tertiary/aromatic N) is 2. The van der Waals surface area contributed by atoms with E-state index in [1.165, 1.54) is 0 Å². The van der Waals surface area contributed by atoms with Crippen molar-refractivity contribution >= 4 is 11.8 Å². The normalized spacial score (nSPS) is 26.4. The van der Waals surface area contributed by atoms with Crippen LogP contribution in [0.1, 0.15) is 35.4 Å². The van der Waals surface area contributed by atoms with Gasteiger partial charge in [0, 0.05) is 0 Å². The van der Waals surface area contributed by atoms with Gasteiger partial charge >= 0.3 is 0 Å². The first kappa shape index (κ1) is 12.1. The molecule has 19 heavy (non-hydrogen) atoms. The van der Waals surface area contributed by atoms with Crippen LogP contribution < -0.4 is 16.1 Å². The molecule has 1 unspecified atom stereocenters. The standard InChI is InChI=1S/C10H13N5O4/c16-8-6(4-18-15-8)12-9(17)7-13-10(19-14-7)5-2-1-3-11-5/h5-6,11H,1-4H2,(H,12,17)(H,15,16)/t5?,6-/m1/s1. The summed E-state index contributed by atoms with van der Waals surface area (Å²) in [7, 11) is 0. The second kappa shape index (κ2) is 4.94. The van der Waals surface area contributed by atoms with E-state index in [4.69, 9.17) is 9.36 Å². The van der Waals surface area contributed by atoms with E-state index in [1.54, 1.807) is 0 Å². The van der Waals surface area contributed by atoms with E-state index in [1.807, 2.05) is 0 Å². The summed E-state index contributed by atoms with van der Waals surface area (Å²) >= 11 is 0.